The van der Waals surface area contributed by atoms with Crippen molar-refractivity contribution in [3.8, 4) is 0 Å². The van der Waals surface area contributed by atoms with Gasteiger partial charge in [0.05, 0.1) is 29.4 Å². The Morgan fingerprint density at radius 1 is 1.17 bits per heavy atom. The molecule has 0 radical (unpaired) electrons. The molecule has 6 nitrogen and oxygen atoms in total. The number of aromatic nitrogens is 2. The van der Waals surface area contributed by atoms with Crippen molar-refractivity contribution < 1.29 is 8.42 Å². The molecule has 1 aromatic carbocycles. The molecule has 0 saturated carbocycles. The van der Waals surface area contributed by atoms with Crippen LogP contribution in [0.25, 0.3) is 0 Å². The summed E-state index contributed by atoms with van der Waals surface area (Å²) in [5, 5.41) is 3.79. The zero-order valence-electron chi connectivity index (χ0n) is 16.6. The quantitative estimate of drug-likeness (QED) is 0.590. The van der Waals surface area contributed by atoms with Gasteiger partial charge in [-0.15, -0.1) is 0 Å². The summed E-state index contributed by atoms with van der Waals surface area (Å²) in [6.45, 7) is 2.49. The van der Waals surface area contributed by atoms with E-state index in [4.69, 9.17) is 11.6 Å². The summed E-state index contributed by atoms with van der Waals surface area (Å²) in [4.78, 5) is 8.88. The zero-order chi connectivity index (χ0) is 21.1. The molecule has 1 atom stereocenters. The summed E-state index contributed by atoms with van der Waals surface area (Å²) in [5.74, 6) is 0.710. The Labute approximate surface area is 182 Å². The number of sulfonamides is 1. The average molecular weight is 443 g/mol. The van der Waals surface area contributed by atoms with Gasteiger partial charge in [-0.1, -0.05) is 29.8 Å². The smallest absolute Gasteiger partial charge is 0.218 e. The highest BCUT2D eigenvalue weighted by molar-refractivity contribution is 7.88. The molecule has 8 heteroatoms. The Kier molecular flexibility index (Phi) is 6.04. The molecule has 4 rings (SSSR count). The Hall–Kier alpha value is -2.48. The van der Waals surface area contributed by atoms with Gasteiger partial charge in [-0.25, -0.2) is 13.4 Å². The molecule has 1 aliphatic rings. The summed E-state index contributed by atoms with van der Waals surface area (Å²) in [6, 6.07) is 14.4. The number of nitrogens with zero attached hydrogens (tertiary/aromatic N) is 3. The lowest BCUT2D eigenvalue weighted by atomic mass is 10.1. The monoisotopic (exact) mass is 442 g/mol. The van der Waals surface area contributed by atoms with Gasteiger partial charge in [0.2, 0.25) is 10.0 Å². The third kappa shape index (κ3) is 4.64. The van der Waals surface area contributed by atoms with E-state index >= 15 is 0 Å². The topological polar surface area (TPSA) is 75.2 Å². The van der Waals surface area contributed by atoms with Crippen LogP contribution in [0.5, 0.6) is 0 Å². The van der Waals surface area contributed by atoms with Crippen LogP contribution in [0.2, 0.25) is 5.02 Å². The fourth-order valence-corrected chi connectivity index (χ4v) is 5.71. The van der Waals surface area contributed by atoms with Crippen molar-refractivity contribution >= 4 is 33.1 Å². The van der Waals surface area contributed by atoms with Crippen LogP contribution in [-0.2, 0) is 15.8 Å². The molecule has 30 heavy (non-hydrogen) atoms. The predicted molar refractivity (Wildman–Crippen MR) is 119 cm³/mol. The van der Waals surface area contributed by atoms with Crippen molar-refractivity contribution in [2.45, 2.75) is 31.6 Å². The molecule has 1 saturated heterocycles. The van der Waals surface area contributed by atoms with E-state index in [1.807, 2.05) is 31.2 Å². The standard InChI is InChI=1S/C22H23ClN4O2S/c1-16-5-3-11-24-22(16)26-19-9-10-20(25-14-19)21-8-4-12-27(21)30(28,29)15-17-6-2-7-18(23)13-17/h2-3,5-7,9-11,13-14,21H,4,8,12,15H2,1H3,(H,24,26)/t21-/m1/s1. The van der Waals surface area contributed by atoms with Gasteiger partial charge in [-0.2, -0.15) is 4.31 Å². The third-order valence-electron chi connectivity index (χ3n) is 5.20. The summed E-state index contributed by atoms with van der Waals surface area (Å²) in [5.41, 5.74) is 3.29. The summed E-state index contributed by atoms with van der Waals surface area (Å²) in [7, 11) is -3.48. The van der Waals surface area contributed by atoms with Crippen LogP contribution in [-0.4, -0.2) is 29.2 Å². The van der Waals surface area contributed by atoms with Gasteiger partial charge in [0.15, 0.2) is 0 Å². The maximum Gasteiger partial charge on any atom is 0.218 e. The Balaban J connectivity index is 1.51. The van der Waals surface area contributed by atoms with Gasteiger partial charge in [0.25, 0.3) is 0 Å². The van der Waals surface area contributed by atoms with E-state index in [0.717, 1.165) is 35.6 Å². The number of benzene rings is 1. The van der Waals surface area contributed by atoms with Crippen LogP contribution < -0.4 is 5.32 Å². The van der Waals surface area contributed by atoms with E-state index in [0.29, 0.717) is 17.1 Å². The molecule has 1 aliphatic heterocycles. The van der Waals surface area contributed by atoms with E-state index in [1.165, 1.54) is 0 Å². The number of hydrogen-bond acceptors (Lipinski definition) is 5. The molecule has 3 aromatic rings. The Morgan fingerprint density at radius 2 is 2.03 bits per heavy atom. The lowest BCUT2D eigenvalue weighted by molar-refractivity contribution is 0.390. The van der Waals surface area contributed by atoms with Crippen molar-refractivity contribution in [3.05, 3.63) is 82.8 Å². The molecule has 0 amide bonds. The molecule has 0 bridgehead atoms. The number of halogens is 1. The summed E-state index contributed by atoms with van der Waals surface area (Å²) >= 11 is 6.01. The molecule has 2 aromatic heterocycles. The van der Waals surface area contributed by atoms with Crippen LogP contribution >= 0.6 is 11.6 Å². The van der Waals surface area contributed by atoms with Gasteiger partial charge in [-0.3, -0.25) is 4.98 Å². The van der Waals surface area contributed by atoms with E-state index in [-0.39, 0.29) is 11.8 Å². The van der Waals surface area contributed by atoms with Crippen LogP contribution in [0.1, 0.15) is 35.7 Å². The minimum atomic E-state index is -3.48. The minimum absolute atomic E-state index is 0.0668. The van der Waals surface area contributed by atoms with Crippen molar-refractivity contribution in [2.24, 2.45) is 0 Å². The van der Waals surface area contributed by atoms with Crippen molar-refractivity contribution in [2.75, 3.05) is 11.9 Å². The fraction of sp³-hybridized carbons (Fsp3) is 0.273. The fourth-order valence-electron chi connectivity index (χ4n) is 3.72. The Morgan fingerprint density at radius 3 is 2.77 bits per heavy atom. The number of nitrogens with one attached hydrogen (secondary N) is 1. The second-order valence-corrected chi connectivity index (χ2v) is 9.78. The molecule has 1 fully saturated rings. The first-order valence-corrected chi connectivity index (χ1v) is 11.8. The summed E-state index contributed by atoms with van der Waals surface area (Å²) < 4.78 is 27.7. The second-order valence-electron chi connectivity index (χ2n) is 7.42. The highest BCUT2D eigenvalue weighted by Gasteiger charge is 2.35. The van der Waals surface area contributed by atoms with Gasteiger partial charge >= 0.3 is 0 Å². The zero-order valence-corrected chi connectivity index (χ0v) is 18.2. The van der Waals surface area contributed by atoms with Gasteiger partial charge in [-0.05, 0) is 61.2 Å². The van der Waals surface area contributed by atoms with Crippen molar-refractivity contribution in [3.63, 3.8) is 0 Å². The van der Waals surface area contributed by atoms with E-state index < -0.39 is 10.0 Å². The lowest BCUT2D eigenvalue weighted by Crippen LogP contribution is -2.32. The maximum atomic E-state index is 13.1. The van der Waals surface area contributed by atoms with Crippen molar-refractivity contribution in [1.29, 1.82) is 0 Å². The normalized spacial score (nSPS) is 17.2. The predicted octanol–water partition coefficient (Wildman–Crippen LogP) is 4.85. The summed E-state index contributed by atoms with van der Waals surface area (Å²) in [6.07, 6.45) is 5.03. The number of anilines is 2. The minimum Gasteiger partial charge on any atom is -0.339 e. The number of aryl methyl sites for hydroxylation is 1. The molecule has 0 aliphatic carbocycles. The first-order valence-electron chi connectivity index (χ1n) is 9.81. The average Bonchev–Trinajstić information content (AvgIpc) is 3.21. The first-order chi connectivity index (χ1) is 14.4. The SMILES string of the molecule is Cc1cccnc1Nc1ccc([C@H]2CCCN2S(=O)(=O)Cc2cccc(Cl)c2)nc1. The van der Waals surface area contributed by atoms with Crippen LogP contribution in [0.3, 0.4) is 0 Å². The highest BCUT2D eigenvalue weighted by atomic mass is 35.5. The largest absolute Gasteiger partial charge is 0.339 e. The number of hydrogen-bond donors (Lipinski definition) is 1. The third-order valence-corrected chi connectivity index (χ3v) is 7.28. The second kappa shape index (κ2) is 8.71. The maximum absolute atomic E-state index is 13.1. The molecule has 0 spiro atoms. The van der Waals surface area contributed by atoms with E-state index in [1.54, 1.807) is 41.0 Å². The van der Waals surface area contributed by atoms with Crippen LogP contribution in [0, 0.1) is 6.92 Å². The van der Waals surface area contributed by atoms with E-state index in [9.17, 15) is 8.42 Å². The van der Waals surface area contributed by atoms with Gasteiger partial charge in [0, 0.05) is 17.8 Å². The molecule has 3 heterocycles. The van der Waals surface area contributed by atoms with Gasteiger partial charge < -0.3 is 5.32 Å². The highest BCUT2D eigenvalue weighted by Crippen LogP contribution is 2.35. The molecular formula is C22H23ClN4O2S. The molecule has 156 valence electrons. The van der Waals surface area contributed by atoms with Gasteiger partial charge in [0.1, 0.15) is 5.82 Å². The molecule has 0 unspecified atom stereocenters. The van der Waals surface area contributed by atoms with E-state index in [2.05, 4.69) is 15.3 Å². The number of pyridine rings is 2. The molecule has 1 N–H and O–H groups in total. The van der Waals surface area contributed by atoms with Crippen LogP contribution in [0.15, 0.2) is 60.9 Å². The molecular weight excluding hydrogens is 420 g/mol. The van der Waals surface area contributed by atoms with Crippen molar-refractivity contribution in [1.82, 2.24) is 14.3 Å². The van der Waals surface area contributed by atoms with Crippen LogP contribution in [0.4, 0.5) is 11.5 Å². The Bertz CT molecular complexity index is 1140. The number of rotatable bonds is 6. The first kappa shape index (κ1) is 20.8. The lowest BCUT2D eigenvalue weighted by Gasteiger charge is -2.24.